The third-order valence-electron chi connectivity index (χ3n) is 4.68. The van der Waals surface area contributed by atoms with Crippen LogP contribution in [-0.4, -0.2) is 27.8 Å². The van der Waals surface area contributed by atoms with E-state index in [4.69, 9.17) is 10.5 Å². The number of hydrogen-bond acceptors (Lipinski definition) is 4. The molecule has 2 N–H and O–H groups in total. The molecule has 0 saturated carbocycles. The molecule has 5 heteroatoms. The number of ether oxygens (including phenoxy) is 1. The van der Waals surface area contributed by atoms with E-state index in [9.17, 15) is 4.79 Å². The van der Waals surface area contributed by atoms with Gasteiger partial charge >= 0.3 is 0 Å². The molecule has 2 aromatic rings. The van der Waals surface area contributed by atoms with Crippen molar-refractivity contribution in [1.82, 2.24) is 9.55 Å². The summed E-state index contributed by atoms with van der Waals surface area (Å²) in [4.78, 5) is 16.7. The molecule has 2 heterocycles. The van der Waals surface area contributed by atoms with Crippen LogP contribution in [0.4, 0.5) is 0 Å². The van der Waals surface area contributed by atoms with Crippen LogP contribution in [0.1, 0.15) is 33.6 Å². The van der Waals surface area contributed by atoms with Crippen LogP contribution in [0.15, 0.2) is 23.3 Å². The predicted octanol–water partition coefficient (Wildman–Crippen LogP) is 1.05. The monoisotopic (exact) mass is 341 g/mol. The second-order valence-corrected chi connectivity index (χ2v) is 7.79. The molecule has 0 bridgehead atoms. The maximum absolute atomic E-state index is 12.6. The Morgan fingerprint density at radius 3 is 2.92 bits per heavy atom. The first-order valence-electron chi connectivity index (χ1n) is 8.84. The highest BCUT2D eigenvalue weighted by Gasteiger charge is 2.22. The highest BCUT2D eigenvalue weighted by molar-refractivity contribution is 5.82. The molecule has 25 heavy (non-hydrogen) atoms. The normalized spacial score (nSPS) is 19.2. The molecular weight excluding hydrogens is 314 g/mol. The Bertz CT molecular complexity index is 957. The van der Waals surface area contributed by atoms with Gasteiger partial charge in [0, 0.05) is 35.5 Å². The minimum absolute atomic E-state index is 0.0318. The average Bonchev–Trinajstić information content (AvgIpc) is 2.57. The minimum atomic E-state index is -0.344. The van der Waals surface area contributed by atoms with Crippen molar-refractivity contribution >= 4 is 22.9 Å². The van der Waals surface area contributed by atoms with Gasteiger partial charge in [-0.15, -0.1) is 0 Å². The lowest BCUT2D eigenvalue weighted by atomic mass is 9.92. The molecule has 0 amide bonds. The van der Waals surface area contributed by atoms with Gasteiger partial charge in [0.2, 0.25) is 0 Å². The Balaban J connectivity index is 1.94. The highest BCUT2D eigenvalue weighted by atomic mass is 16.5. The molecule has 0 spiro atoms. The van der Waals surface area contributed by atoms with Crippen LogP contribution in [0.5, 0.6) is 0 Å². The van der Waals surface area contributed by atoms with Gasteiger partial charge in [-0.3, -0.25) is 9.78 Å². The summed E-state index contributed by atoms with van der Waals surface area (Å²) in [7, 11) is 1.80. The topological polar surface area (TPSA) is 70.1 Å². The number of fused-ring (bicyclic) bond motifs is 3. The third kappa shape index (κ3) is 3.67. The number of hydrogen-bond donors (Lipinski definition) is 1. The van der Waals surface area contributed by atoms with Crippen molar-refractivity contribution in [2.24, 2.45) is 18.7 Å². The first-order valence-corrected chi connectivity index (χ1v) is 8.84. The molecule has 2 aromatic heterocycles. The summed E-state index contributed by atoms with van der Waals surface area (Å²) in [6, 6.07) is 1.90. The van der Waals surface area contributed by atoms with Crippen LogP contribution in [0.3, 0.4) is 0 Å². The van der Waals surface area contributed by atoms with E-state index in [1.165, 1.54) is 0 Å². The van der Waals surface area contributed by atoms with Gasteiger partial charge in [-0.25, -0.2) is 0 Å². The van der Waals surface area contributed by atoms with E-state index in [-0.39, 0.29) is 17.2 Å². The molecule has 1 aliphatic rings. The van der Waals surface area contributed by atoms with Crippen molar-refractivity contribution in [2.45, 2.75) is 45.3 Å². The van der Waals surface area contributed by atoms with Gasteiger partial charge in [-0.1, -0.05) is 19.9 Å². The van der Waals surface area contributed by atoms with E-state index in [1.807, 2.05) is 19.1 Å². The zero-order chi connectivity index (χ0) is 18.2. The van der Waals surface area contributed by atoms with E-state index in [1.54, 1.807) is 24.0 Å². The lowest BCUT2D eigenvalue weighted by Gasteiger charge is -2.28. The van der Waals surface area contributed by atoms with Gasteiger partial charge in [0.1, 0.15) is 0 Å². The zero-order valence-corrected chi connectivity index (χ0v) is 15.5. The molecule has 0 fully saturated rings. The fourth-order valence-electron chi connectivity index (χ4n) is 3.71. The second kappa shape index (κ2) is 6.73. The van der Waals surface area contributed by atoms with Crippen molar-refractivity contribution in [3.05, 3.63) is 39.4 Å². The highest BCUT2D eigenvalue weighted by Crippen LogP contribution is 2.16. The molecule has 0 radical (unpaired) electrons. The van der Waals surface area contributed by atoms with Crippen molar-refractivity contribution in [1.29, 1.82) is 0 Å². The van der Waals surface area contributed by atoms with Gasteiger partial charge < -0.3 is 15.0 Å². The summed E-state index contributed by atoms with van der Waals surface area (Å²) in [6.07, 6.45) is 9.19. The molecule has 3 rings (SSSR count). The largest absolute Gasteiger partial charge is 0.372 e. The van der Waals surface area contributed by atoms with Crippen molar-refractivity contribution < 1.29 is 4.74 Å². The first-order chi connectivity index (χ1) is 11.8. The van der Waals surface area contributed by atoms with Gasteiger partial charge in [-0.2, -0.15) is 0 Å². The Kier molecular flexibility index (Phi) is 4.80. The minimum Gasteiger partial charge on any atom is -0.372 e. The summed E-state index contributed by atoms with van der Waals surface area (Å²) in [5.41, 5.74) is 5.97. The number of nitrogens with two attached hydrogens (primary N) is 1. The molecule has 134 valence electrons. The van der Waals surface area contributed by atoms with Crippen LogP contribution in [0.2, 0.25) is 0 Å². The lowest BCUT2D eigenvalue weighted by molar-refractivity contribution is 0.0546. The summed E-state index contributed by atoms with van der Waals surface area (Å²) in [5, 5.41) is 3.59. The molecule has 5 nitrogen and oxygen atoms in total. The number of aromatic nitrogens is 2. The molecule has 2 atom stereocenters. The molecule has 1 unspecified atom stereocenters. The fourth-order valence-corrected chi connectivity index (χ4v) is 3.71. The Hall–Kier alpha value is -1.98. The standard InChI is InChI=1S/C20H27N3O2/c1-13(2)10-20(3,21)12-25-14-5-6-16-15-7-8-22-11-17(15)19(24)23(4)18(16)9-14/h6-9,11,13-14H,5,10,12,21H2,1-4H3/t14?,20-/m1/s1. The number of nitrogens with zero attached hydrogens (tertiary/aromatic N) is 2. The SMILES string of the molecule is CC(C)C[C@@](C)(N)COC1C=c2c(c3ccncc3c(=O)n2C)=CC1. The van der Waals surface area contributed by atoms with E-state index < -0.39 is 0 Å². The zero-order valence-electron chi connectivity index (χ0n) is 15.5. The second-order valence-electron chi connectivity index (χ2n) is 7.79. The van der Waals surface area contributed by atoms with Crippen LogP contribution in [-0.2, 0) is 11.8 Å². The van der Waals surface area contributed by atoms with Crippen LogP contribution < -0.4 is 21.9 Å². The quantitative estimate of drug-likeness (QED) is 0.882. The third-order valence-corrected chi connectivity index (χ3v) is 4.68. The van der Waals surface area contributed by atoms with Crippen LogP contribution in [0.25, 0.3) is 22.9 Å². The Labute approximate surface area is 147 Å². The maximum Gasteiger partial charge on any atom is 0.260 e. The van der Waals surface area contributed by atoms with E-state index >= 15 is 0 Å². The van der Waals surface area contributed by atoms with Crippen LogP contribution in [0, 0.1) is 5.92 Å². The van der Waals surface area contributed by atoms with Crippen LogP contribution >= 0.6 is 0 Å². The van der Waals surface area contributed by atoms with Gasteiger partial charge in [0.05, 0.1) is 18.1 Å². The van der Waals surface area contributed by atoms with E-state index in [0.29, 0.717) is 17.9 Å². The number of rotatable bonds is 5. The summed E-state index contributed by atoms with van der Waals surface area (Å²) in [6.45, 7) is 6.86. The average molecular weight is 341 g/mol. The maximum atomic E-state index is 12.6. The van der Waals surface area contributed by atoms with Crippen molar-refractivity contribution in [3.63, 3.8) is 0 Å². The fraction of sp³-hybridized carbons (Fsp3) is 0.500. The molecule has 0 saturated heterocycles. The molecule has 0 aromatic carbocycles. The predicted molar refractivity (Wildman–Crippen MR) is 102 cm³/mol. The molecular formula is C20H27N3O2. The molecule has 0 aliphatic heterocycles. The first kappa shape index (κ1) is 17.8. The van der Waals surface area contributed by atoms with Crippen molar-refractivity contribution in [3.8, 4) is 0 Å². The van der Waals surface area contributed by atoms with E-state index in [2.05, 4.69) is 24.9 Å². The Morgan fingerprint density at radius 2 is 2.20 bits per heavy atom. The molecule has 1 aliphatic carbocycles. The Morgan fingerprint density at radius 1 is 1.44 bits per heavy atom. The van der Waals surface area contributed by atoms with Gasteiger partial charge in [0.15, 0.2) is 0 Å². The summed E-state index contributed by atoms with van der Waals surface area (Å²) >= 11 is 0. The van der Waals surface area contributed by atoms with Crippen molar-refractivity contribution in [2.75, 3.05) is 6.61 Å². The number of pyridine rings is 2. The lowest BCUT2D eigenvalue weighted by Crippen LogP contribution is -2.47. The smallest absolute Gasteiger partial charge is 0.260 e. The summed E-state index contributed by atoms with van der Waals surface area (Å²) < 4.78 is 7.75. The summed E-state index contributed by atoms with van der Waals surface area (Å²) in [5.74, 6) is 0.530. The van der Waals surface area contributed by atoms with Gasteiger partial charge in [-0.05, 0) is 43.2 Å². The van der Waals surface area contributed by atoms with Gasteiger partial charge in [0.25, 0.3) is 5.56 Å². The van der Waals surface area contributed by atoms with E-state index in [0.717, 1.165) is 28.8 Å².